The van der Waals surface area contributed by atoms with E-state index < -0.39 is 5.91 Å². The van der Waals surface area contributed by atoms with Gasteiger partial charge in [-0.1, -0.05) is 12.2 Å². The van der Waals surface area contributed by atoms with Crippen LogP contribution in [0.4, 0.5) is 0 Å². The minimum absolute atomic E-state index is 0.0925. The van der Waals surface area contributed by atoms with Crippen LogP contribution in [-0.2, 0) is 4.79 Å². The Hall–Kier alpha value is -1.25. The lowest BCUT2D eigenvalue weighted by molar-refractivity contribution is -0.114. The molecule has 0 fully saturated rings. The Morgan fingerprint density at radius 1 is 1.56 bits per heavy atom. The van der Waals surface area contributed by atoms with Crippen molar-refractivity contribution in [2.24, 2.45) is 11.5 Å². The molecule has 4 N–H and O–H groups in total. The van der Waals surface area contributed by atoms with Crippen molar-refractivity contribution in [3.8, 4) is 0 Å². The molecule has 0 bridgehead atoms. The van der Waals surface area contributed by atoms with Crippen molar-refractivity contribution in [2.45, 2.75) is 6.42 Å². The fourth-order valence-electron chi connectivity index (χ4n) is 0.311. The van der Waals surface area contributed by atoms with E-state index in [4.69, 9.17) is 11.5 Å². The minimum Gasteiger partial charge on any atom is -0.395 e. The third kappa shape index (κ3) is 3.34. The molecule has 3 nitrogen and oxygen atoms in total. The number of primary amides is 1. The van der Waals surface area contributed by atoms with Gasteiger partial charge in [0.1, 0.15) is 0 Å². The van der Waals surface area contributed by atoms with Crippen LogP contribution in [0, 0.1) is 0 Å². The molecule has 0 rings (SSSR count). The van der Waals surface area contributed by atoms with Crippen LogP contribution in [0.3, 0.4) is 0 Å². The molecule has 9 heavy (non-hydrogen) atoms. The fourth-order valence-corrected chi connectivity index (χ4v) is 0.311. The Balaban J connectivity index is 3.83. The Morgan fingerprint density at radius 3 is 2.44 bits per heavy atom. The van der Waals surface area contributed by atoms with E-state index in [1.807, 2.05) is 0 Å². The summed E-state index contributed by atoms with van der Waals surface area (Å²) in [6.07, 6.45) is 3.74. The summed E-state index contributed by atoms with van der Waals surface area (Å²) in [5.41, 5.74) is 10.0. The van der Waals surface area contributed by atoms with Gasteiger partial charge in [-0.15, -0.1) is 6.58 Å². The predicted octanol–water partition coefficient (Wildman–Crippen LogP) is -0.110. The molecular weight excluding hydrogens is 116 g/mol. The van der Waals surface area contributed by atoms with E-state index in [1.54, 1.807) is 6.08 Å². The van der Waals surface area contributed by atoms with Crippen LogP contribution < -0.4 is 11.5 Å². The first kappa shape index (κ1) is 7.75. The van der Waals surface area contributed by atoms with E-state index in [0.29, 0.717) is 6.42 Å². The van der Waals surface area contributed by atoms with Gasteiger partial charge in [0.2, 0.25) is 0 Å². The number of nitrogens with two attached hydrogens (primary N) is 2. The van der Waals surface area contributed by atoms with Gasteiger partial charge in [-0.3, -0.25) is 4.79 Å². The van der Waals surface area contributed by atoms with E-state index in [0.717, 1.165) is 0 Å². The van der Waals surface area contributed by atoms with Crippen molar-refractivity contribution < 1.29 is 4.79 Å². The van der Waals surface area contributed by atoms with Crippen molar-refractivity contribution in [2.75, 3.05) is 0 Å². The molecule has 3 heteroatoms. The van der Waals surface area contributed by atoms with Crippen LogP contribution >= 0.6 is 0 Å². The van der Waals surface area contributed by atoms with Gasteiger partial charge in [0.05, 0.1) is 5.70 Å². The largest absolute Gasteiger partial charge is 0.395 e. The maximum absolute atomic E-state index is 10.2. The smallest absolute Gasteiger partial charge is 0.264 e. The molecule has 0 aliphatic carbocycles. The third-order valence-electron chi connectivity index (χ3n) is 0.789. The van der Waals surface area contributed by atoms with Crippen molar-refractivity contribution in [3.05, 3.63) is 24.4 Å². The summed E-state index contributed by atoms with van der Waals surface area (Å²) < 4.78 is 0. The maximum atomic E-state index is 10.2. The normalized spacial score (nSPS) is 10.9. The van der Waals surface area contributed by atoms with Gasteiger partial charge in [0.25, 0.3) is 5.91 Å². The molecule has 0 unspecified atom stereocenters. The van der Waals surface area contributed by atoms with Gasteiger partial charge in [0.15, 0.2) is 0 Å². The first-order chi connectivity index (χ1) is 4.18. The molecule has 0 saturated heterocycles. The summed E-state index contributed by atoms with van der Waals surface area (Å²) >= 11 is 0. The molecule has 0 aliphatic heterocycles. The minimum atomic E-state index is -0.586. The molecule has 0 aromatic rings. The number of rotatable bonds is 3. The predicted molar refractivity (Wildman–Crippen MR) is 36.3 cm³/mol. The summed E-state index contributed by atoms with van der Waals surface area (Å²) in [6, 6.07) is 0. The standard InChI is InChI=1S/C6H10N2O/c1-2-3-4-5(7)6(8)9/h2,4H,1,3,7H2,(H2,8,9)/b5-4-. The zero-order chi connectivity index (χ0) is 7.28. The van der Waals surface area contributed by atoms with Crippen LogP contribution in [-0.4, -0.2) is 5.91 Å². The van der Waals surface area contributed by atoms with Crippen LogP contribution in [0.2, 0.25) is 0 Å². The SMILES string of the molecule is C=CC/C=C(\N)C(N)=O. The van der Waals surface area contributed by atoms with Gasteiger partial charge in [-0.25, -0.2) is 0 Å². The monoisotopic (exact) mass is 126 g/mol. The summed E-state index contributed by atoms with van der Waals surface area (Å²) in [7, 11) is 0. The second-order valence-corrected chi connectivity index (χ2v) is 1.55. The molecule has 1 amide bonds. The first-order valence-corrected chi connectivity index (χ1v) is 2.54. The number of carbonyl (C=O) groups is 1. The number of hydrogen-bond acceptors (Lipinski definition) is 2. The summed E-state index contributed by atoms with van der Waals surface area (Å²) in [6.45, 7) is 3.44. The Bertz CT molecular complexity index is 149. The second-order valence-electron chi connectivity index (χ2n) is 1.55. The number of hydrogen-bond donors (Lipinski definition) is 2. The highest BCUT2D eigenvalue weighted by Gasteiger charge is 1.93. The number of allylic oxidation sites excluding steroid dienone is 2. The molecule has 0 aromatic heterocycles. The summed E-state index contributed by atoms with van der Waals surface area (Å²) in [5.74, 6) is -0.586. The van der Waals surface area contributed by atoms with Gasteiger partial charge in [0, 0.05) is 0 Å². The Kier molecular flexibility index (Phi) is 3.20. The highest BCUT2D eigenvalue weighted by atomic mass is 16.1. The van der Waals surface area contributed by atoms with Crippen molar-refractivity contribution in [3.63, 3.8) is 0 Å². The molecule has 0 aliphatic rings. The lowest BCUT2D eigenvalue weighted by Crippen LogP contribution is -2.19. The third-order valence-corrected chi connectivity index (χ3v) is 0.789. The lowest BCUT2D eigenvalue weighted by atomic mass is 10.3. The number of amides is 1. The zero-order valence-corrected chi connectivity index (χ0v) is 5.13. The average molecular weight is 126 g/mol. The lowest BCUT2D eigenvalue weighted by Gasteiger charge is -1.89. The molecule has 50 valence electrons. The van der Waals surface area contributed by atoms with Crippen molar-refractivity contribution >= 4 is 5.91 Å². The maximum Gasteiger partial charge on any atom is 0.264 e. The topological polar surface area (TPSA) is 69.1 Å². The van der Waals surface area contributed by atoms with E-state index in [9.17, 15) is 4.79 Å². The zero-order valence-electron chi connectivity index (χ0n) is 5.13. The van der Waals surface area contributed by atoms with Gasteiger partial charge >= 0.3 is 0 Å². The molecule has 0 aromatic carbocycles. The first-order valence-electron chi connectivity index (χ1n) is 2.54. The molecule has 0 saturated carbocycles. The fraction of sp³-hybridized carbons (Fsp3) is 0.167. The number of carbonyl (C=O) groups excluding carboxylic acids is 1. The quantitative estimate of drug-likeness (QED) is 0.409. The van der Waals surface area contributed by atoms with E-state index in [-0.39, 0.29) is 5.70 Å². The van der Waals surface area contributed by atoms with Crippen LogP contribution in [0.1, 0.15) is 6.42 Å². The van der Waals surface area contributed by atoms with Gasteiger partial charge in [-0.2, -0.15) is 0 Å². The van der Waals surface area contributed by atoms with E-state index in [2.05, 4.69) is 6.58 Å². The highest BCUT2D eigenvalue weighted by Crippen LogP contribution is 1.86. The second kappa shape index (κ2) is 3.72. The average Bonchev–Trinajstić information content (AvgIpc) is 1.82. The van der Waals surface area contributed by atoms with Crippen molar-refractivity contribution in [1.29, 1.82) is 0 Å². The molecular formula is C6H10N2O. The van der Waals surface area contributed by atoms with Gasteiger partial charge in [-0.05, 0) is 6.42 Å². The summed E-state index contributed by atoms with van der Waals surface area (Å²) in [4.78, 5) is 10.2. The van der Waals surface area contributed by atoms with Crippen molar-refractivity contribution in [1.82, 2.24) is 0 Å². The van der Waals surface area contributed by atoms with E-state index in [1.165, 1.54) is 6.08 Å². The van der Waals surface area contributed by atoms with Crippen LogP contribution in [0.5, 0.6) is 0 Å². The Morgan fingerprint density at radius 2 is 2.11 bits per heavy atom. The van der Waals surface area contributed by atoms with Crippen LogP contribution in [0.15, 0.2) is 24.4 Å². The molecule has 0 atom stereocenters. The van der Waals surface area contributed by atoms with Gasteiger partial charge < -0.3 is 11.5 Å². The highest BCUT2D eigenvalue weighted by molar-refractivity contribution is 5.90. The molecule has 0 heterocycles. The molecule has 0 radical (unpaired) electrons. The molecule has 0 spiro atoms. The summed E-state index contributed by atoms with van der Waals surface area (Å²) in [5, 5.41) is 0. The van der Waals surface area contributed by atoms with E-state index >= 15 is 0 Å². The Labute approximate surface area is 54.0 Å². The van der Waals surface area contributed by atoms with Crippen LogP contribution in [0.25, 0.3) is 0 Å².